The van der Waals surface area contributed by atoms with Crippen molar-refractivity contribution in [2.24, 2.45) is 0 Å². The normalized spacial score (nSPS) is 21.9. The second-order valence-corrected chi connectivity index (χ2v) is 5.51. The third-order valence-corrected chi connectivity index (χ3v) is 4.32. The summed E-state index contributed by atoms with van der Waals surface area (Å²) in [4.78, 5) is 22.9. The molecule has 0 unspecified atom stereocenters. The Kier molecular flexibility index (Phi) is 3.36. The first kappa shape index (κ1) is 12.1. The van der Waals surface area contributed by atoms with E-state index in [0.717, 1.165) is 45.1 Å². The number of rotatable bonds is 2. The highest BCUT2D eigenvalue weighted by atomic mass is 79.9. The molecule has 7 heteroatoms. The Morgan fingerprint density at radius 2 is 2.06 bits per heavy atom. The number of nitrogens with one attached hydrogen (secondary N) is 2. The Hall–Kier alpha value is -0.920. The van der Waals surface area contributed by atoms with E-state index in [1.807, 2.05) is 0 Å². The van der Waals surface area contributed by atoms with Gasteiger partial charge in [0.25, 0.3) is 5.56 Å². The van der Waals surface area contributed by atoms with E-state index in [1.54, 1.807) is 0 Å². The van der Waals surface area contributed by atoms with Crippen molar-refractivity contribution in [1.82, 2.24) is 20.2 Å². The quantitative estimate of drug-likeness (QED) is 0.780. The van der Waals surface area contributed by atoms with Crippen molar-refractivity contribution in [3.63, 3.8) is 0 Å². The van der Waals surface area contributed by atoms with Gasteiger partial charge in [0.2, 0.25) is 0 Å². The van der Waals surface area contributed by atoms with Crippen molar-refractivity contribution in [3.05, 3.63) is 21.2 Å². The molecule has 6 nitrogen and oxygen atoms in total. The summed E-state index contributed by atoms with van der Waals surface area (Å²) in [6, 6.07) is 0.597. The van der Waals surface area contributed by atoms with Gasteiger partial charge in [-0.15, -0.1) is 0 Å². The zero-order chi connectivity index (χ0) is 12.5. The fourth-order valence-electron chi connectivity index (χ4n) is 2.50. The summed E-state index contributed by atoms with van der Waals surface area (Å²) in [6.45, 7) is 6.28. The highest BCUT2D eigenvalue weighted by Crippen LogP contribution is 2.26. The molecule has 1 aromatic rings. The van der Waals surface area contributed by atoms with E-state index in [2.05, 4.69) is 41.0 Å². The van der Waals surface area contributed by atoms with Crippen LogP contribution in [0.5, 0.6) is 0 Å². The first-order chi connectivity index (χ1) is 8.75. The minimum Gasteiger partial charge on any atom is -0.352 e. The van der Waals surface area contributed by atoms with Gasteiger partial charge in [0.15, 0.2) is 0 Å². The summed E-state index contributed by atoms with van der Waals surface area (Å²) in [5.74, 6) is 0.755. The second kappa shape index (κ2) is 4.99. The number of hydrogen-bond acceptors (Lipinski definition) is 5. The topological polar surface area (TPSA) is 64.3 Å². The summed E-state index contributed by atoms with van der Waals surface area (Å²) in [7, 11) is 0. The third kappa shape index (κ3) is 2.17. The summed E-state index contributed by atoms with van der Waals surface area (Å²) >= 11 is 3.30. The van der Waals surface area contributed by atoms with Crippen LogP contribution in [0.25, 0.3) is 0 Å². The lowest BCUT2D eigenvalue weighted by atomic mass is 10.1. The molecule has 2 aliphatic rings. The molecule has 2 saturated heterocycles. The van der Waals surface area contributed by atoms with Gasteiger partial charge in [-0.2, -0.15) is 0 Å². The maximum absolute atomic E-state index is 11.5. The van der Waals surface area contributed by atoms with Gasteiger partial charge in [0, 0.05) is 45.3 Å². The van der Waals surface area contributed by atoms with Crippen LogP contribution >= 0.6 is 15.9 Å². The van der Waals surface area contributed by atoms with Gasteiger partial charge in [-0.1, -0.05) is 0 Å². The zero-order valence-corrected chi connectivity index (χ0v) is 11.6. The molecule has 3 heterocycles. The largest absolute Gasteiger partial charge is 0.352 e. The lowest BCUT2D eigenvalue weighted by Crippen LogP contribution is -2.63. The Morgan fingerprint density at radius 1 is 1.33 bits per heavy atom. The van der Waals surface area contributed by atoms with E-state index < -0.39 is 0 Å². The van der Waals surface area contributed by atoms with Crippen molar-refractivity contribution in [3.8, 4) is 0 Å². The van der Waals surface area contributed by atoms with Crippen LogP contribution < -0.4 is 15.8 Å². The molecule has 2 aliphatic heterocycles. The number of piperazine rings is 1. The van der Waals surface area contributed by atoms with Crippen LogP contribution in [0.2, 0.25) is 0 Å². The number of halogens is 1. The lowest BCUT2D eigenvalue weighted by Gasteiger charge is -2.47. The number of hydrogen-bond donors (Lipinski definition) is 2. The molecule has 18 heavy (non-hydrogen) atoms. The van der Waals surface area contributed by atoms with Gasteiger partial charge in [0.1, 0.15) is 10.3 Å². The van der Waals surface area contributed by atoms with Gasteiger partial charge in [-0.25, -0.2) is 4.98 Å². The molecule has 0 aromatic carbocycles. The molecule has 0 amide bonds. The molecule has 0 atom stereocenters. The van der Waals surface area contributed by atoms with E-state index in [-0.39, 0.29) is 5.56 Å². The average Bonchev–Trinajstić information content (AvgIpc) is 2.34. The van der Waals surface area contributed by atoms with Crippen molar-refractivity contribution in [1.29, 1.82) is 0 Å². The molecule has 98 valence electrons. The zero-order valence-electron chi connectivity index (χ0n) is 10.0. The Morgan fingerprint density at radius 3 is 2.78 bits per heavy atom. The minimum absolute atomic E-state index is 0.120. The average molecular weight is 314 g/mol. The molecule has 0 saturated carbocycles. The Balaban J connectivity index is 1.64. The van der Waals surface area contributed by atoms with Crippen LogP contribution in [0.1, 0.15) is 0 Å². The smallest absolute Gasteiger partial charge is 0.267 e. The minimum atomic E-state index is -0.120. The van der Waals surface area contributed by atoms with Crippen LogP contribution in [0.15, 0.2) is 15.6 Å². The first-order valence-corrected chi connectivity index (χ1v) is 6.98. The fourth-order valence-corrected chi connectivity index (χ4v) is 2.97. The molecular weight excluding hydrogens is 298 g/mol. The summed E-state index contributed by atoms with van der Waals surface area (Å²) < 4.78 is 0.531. The van der Waals surface area contributed by atoms with Crippen molar-refractivity contribution in [2.75, 3.05) is 44.2 Å². The van der Waals surface area contributed by atoms with Crippen LogP contribution in [0.3, 0.4) is 0 Å². The summed E-state index contributed by atoms with van der Waals surface area (Å²) in [5.41, 5.74) is -0.120. The molecule has 0 spiro atoms. The van der Waals surface area contributed by atoms with Crippen LogP contribution in [0.4, 0.5) is 5.82 Å². The van der Waals surface area contributed by atoms with Crippen LogP contribution in [-0.4, -0.2) is 60.2 Å². The molecule has 3 rings (SSSR count). The number of nitrogens with zero attached hydrogens (tertiary/aromatic N) is 3. The Bertz CT molecular complexity index is 479. The van der Waals surface area contributed by atoms with E-state index in [0.29, 0.717) is 10.5 Å². The van der Waals surface area contributed by atoms with E-state index in [1.165, 1.54) is 6.33 Å². The molecule has 0 aliphatic carbocycles. The van der Waals surface area contributed by atoms with Gasteiger partial charge in [0.05, 0.1) is 6.33 Å². The maximum atomic E-state index is 11.5. The van der Waals surface area contributed by atoms with Gasteiger partial charge in [-0.05, 0) is 15.9 Å². The summed E-state index contributed by atoms with van der Waals surface area (Å²) in [6.07, 6.45) is 1.46. The van der Waals surface area contributed by atoms with Crippen molar-refractivity contribution < 1.29 is 0 Å². The van der Waals surface area contributed by atoms with Crippen molar-refractivity contribution >= 4 is 21.7 Å². The lowest BCUT2D eigenvalue weighted by molar-refractivity contribution is 0.147. The number of aromatic nitrogens is 2. The maximum Gasteiger partial charge on any atom is 0.267 e. The number of aromatic amines is 1. The van der Waals surface area contributed by atoms with E-state index in [4.69, 9.17) is 0 Å². The fraction of sp³-hybridized carbons (Fsp3) is 0.636. The molecular formula is C11H16BrN5O. The van der Waals surface area contributed by atoms with E-state index >= 15 is 0 Å². The van der Waals surface area contributed by atoms with Gasteiger partial charge >= 0.3 is 0 Å². The molecule has 0 bridgehead atoms. The monoisotopic (exact) mass is 313 g/mol. The molecule has 1 aromatic heterocycles. The predicted octanol–water partition coefficient (Wildman–Crippen LogP) is -0.374. The highest BCUT2D eigenvalue weighted by Gasteiger charge is 2.34. The highest BCUT2D eigenvalue weighted by molar-refractivity contribution is 9.10. The van der Waals surface area contributed by atoms with Crippen LogP contribution in [-0.2, 0) is 0 Å². The predicted molar refractivity (Wildman–Crippen MR) is 73.0 cm³/mol. The third-order valence-electron chi connectivity index (χ3n) is 3.61. The van der Waals surface area contributed by atoms with Gasteiger partial charge < -0.3 is 15.2 Å². The Labute approximate surface area is 114 Å². The number of anilines is 1. The molecule has 2 N–H and O–H groups in total. The first-order valence-electron chi connectivity index (χ1n) is 6.18. The van der Waals surface area contributed by atoms with Crippen LogP contribution in [0, 0.1) is 0 Å². The molecule has 0 radical (unpaired) electrons. The van der Waals surface area contributed by atoms with Gasteiger partial charge in [-0.3, -0.25) is 9.69 Å². The van der Waals surface area contributed by atoms with E-state index in [9.17, 15) is 4.79 Å². The molecule has 2 fully saturated rings. The second-order valence-electron chi connectivity index (χ2n) is 4.71. The standard InChI is InChI=1S/C11H16BrN5O/c12-9-10(14-7-15-11(9)18)17-5-8(6-17)16-3-1-13-2-4-16/h7-8,13H,1-6H2,(H,14,15,18). The summed E-state index contributed by atoms with van der Waals surface area (Å²) in [5, 5.41) is 3.36. The number of H-pyrrole nitrogens is 1. The SMILES string of the molecule is O=c1[nH]cnc(N2CC(N3CCNCC3)C2)c1Br. The van der Waals surface area contributed by atoms with Crippen molar-refractivity contribution in [2.45, 2.75) is 6.04 Å².